The van der Waals surface area contributed by atoms with Gasteiger partial charge in [-0.1, -0.05) is 20.8 Å². The second-order valence-electron chi connectivity index (χ2n) is 7.26. The van der Waals surface area contributed by atoms with Crippen molar-refractivity contribution in [3.05, 3.63) is 0 Å². The van der Waals surface area contributed by atoms with E-state index in [4.69, 9.17) is 5.73 Å². The van der Waals surface area contributed by atoms with E-state index >= 15 is 0 Å². The molecule has 2 atom stereocenters. The minimum atomic E-state index is 0.236. The number of rotatable bonds is 7. The number of carbonyl (C=O) groups excluding carboxylic acids is 1. The number of nitrogens with zero attached hydrogens (tertiary/aromatic N) is 1. The van der Waals surface area contributed by atoms with E-state index < -0.39 is 0 Å². The van der Waals surface area contributed by atoms with Crippen molar-refractivity contribution in [1.82, 2.24) is 4.90 Å². The molecule has 19 heavy (non-hydrogen) atoms. The van der Waals surface area contributed by atoms with Crippen LogP contribution in [0.25, 0.3) is 0 Å². The molecule has 1 rings (SSSR count). The molecule has 0 aromatic heterocycles. The van der Waals surface area contributed by atoms with Crippen LogP contribution in [0.15, 0.2) is 0 Å². The lowest BCUT2D eigenvalue weighted by Gasteiger charge is -2.31. The van der Waals surface area contributed by atoms with E-state index in [0.717, 1.165) is 18.8 Å². The number of hydrogen-bond donors (Lipinski definition) is 1. The van der Waals surface area contributed by atoms with Crippen molar-refractivity contribution in [2.45, 2.75) is 65.8 Å². The Balaban J connectivity index is 2.42. The van der Waals surface area contributed by atoms with E-state index in [0.29, 0.717) is 30.8 Å². The molecule has 112 valence electrons. The van der Waals surface area contributed by atoms with Crippen molar-refractivity contribution in [2.24, 2.45) is 23.0 Å². The molecule has 1 aliphatic rings. The molecule has 2 unspecified atom stereocenters. The topological polar surface area (TPSA) is 46.3 Å². The molecule has 1 aliphatic carbocycles. The van der Waals surface area contributed by atoms with Crippen LogP contribution in [-0.4, -0.2) is 30.4 Å². The third kappa shape index (κ3) is 5.13. The van der Waals surface area contributed by atoms with Gasteiger partial charge in [0.25, 0.3) is 0 Å². The Kier molecular flexibility index (Phi) is 5.84. The quantitative estimate of drug-likeness (QED) is 0.771. The first-order chi connectivity index (χ1) is 8.77. The van der Waals surface area contributed by atoms with Gasteiger partial charge in [-0.05, 0) is 56.4 Å². The molecule has 3 nitrogen and oxygen atoms in total. The van der Waals surface area contributed by atoms with Crippen LogP contribution in [0.3, 0.4) is 0 Å². The number of nitrogens with two attached hydrogens (primary N) is 1. The summed E-state index contributed by atoms with van der Waals surface area (Å²) in [6.45, 7) is 9.62. The molecule has 0 aromatic carbocycles. The lowest BCUT2D eigenvalue weighted by molar-refractivity contribution is -0.132. The average molecular weight is 268 g/mol. The lowest BCUT2D eigenvalue weighted by atomic mass is 9.76. The van der Waals surface area contributed by atoms with Crippen molar-refractivity contribution in [3.63, 3.8) is 0 Å². The Morgan fingerprint density at radius 1 is 1.32 bits per heavy atom. The highest BCUT2D eigenvalue weighted by Gasteiger charge is 2.32. The van der Waals surface area contributed by atoms with Crippen LogP contribution in [0.4, 0.5) is 0 Å². The van der Waals surface area contributed by atoms with Crippen molar-refractivity contribution in [3.8, 4) is 0 Å². The predicted molar refractivity (Wildman–Crippen MR) is 80.8 cm³/mol. The fourth-order valence-electron chi connectivity index (χ4n) is 2.81. The first-order valence-corrected chi connectivity index (χ1v) is 7.73. The van der Waals surface area contributed by atoms with Gasteiger partial charge < -0.3 is 10.6 Å². The Hall–Kier alpha value is -0.570. The maximum atomic E-state index is 12.2. The van der Waals surface area contributed by atoms with Gasteiger partial charge in [0.1, 0.15) is 0 Å². The summed E-state index contributed by atoms with van der Waals surface area (Å²) in [6.07, 6.45) is 5.21. The van der Waals surface area contributed by atoms with Gasteiger partial charge in [0.15, 0.2) is 0 Å². The highest BCUT2D eigenvalue weighted by Crippen LogP contribution is 2.35. The fraction of sp³-hybridized carbons (Fsp3) is 0.938. The molecule has 1 fully saturated rings. The number of hydrogen-bond acceptors (Lipinski definition) is 2. The number of amides is 1. The van der Waals surface area contributed by atoms with Gasteiger partial charge in [0.05, 0.1) is 0 Å². The van der Waals surface area contributed by atoms with Gasteiger partial charge in [0, 0.05) is 19.5 Å². The van der Waals surface area contributed by atoms with Gasteiger partial charge in [-0.2, -0.15) is 0 Å². The van der Waals surface area contributed by atoms with Crippen molar-refractivity contribution < 1.29 is 4.79 Å². The largest absolute Gasteiger partial charge is 0.343 e. The zero-order valence-corrected chi connectivity index (χ0v) is 13.4. The van der Waals surface area contributed by atoms with Crippen LogP contribution in [0, 0.1) is 17.3 Å². The van der Waals surface area contributed by atoms with E-state index in [1.165, 1.54) is 12.8 Å². The van der Waals surface area contributed by atoms with E-state index in [1.54, 1.807) is 0 Å². The Bertz CT molecular complexity index is 292. The zero-order valence-electron chi connectivity index (χ0n) is 13.4. The Morgan fingerprint density at radius 2 is 1.89 bits per heavy atom. The van der Waals surface area contributed by atoms with Crippen LogP contribution in [-0.2, 0) is 4.79 Å². The van der Waals surface area contributed by atoms with Gasteiger partial charge in [-0.15, -0.1) is 0 Å². The molecule has 3 heteroatoms. The molecular weight excluding hydrogens is 236 g/mol. The molecular formula is C16H32N2O. The van der Waals surface area contributed by atoms with E-state index in [9.17, 15) is 4.79 Å². The highest BCUT2D eigenvalue weighted by molar-refractivity contribution is 5.76. The van der Waals surface area contributed by atoms with Crippen LogP contribution in [0.5, 0.6) is 0 Å². The molecule has 0 saturated heterocycles. The lowest BCUT2D eigenvalue weighted by Crippen LogP contribution is -2.37. The summed E-state index contributed by atoms with van der Waals surface area (Å²) >= 11 is 0. The maximum Gasteiger partial charge on any atom is 0.222 e. The van der Waals surface area contributed by atoms with Gasteiger partial charge >= 0.3 is 0 Å². The molecule has 0 aliphatic heterocycles. The third-order valence-corrected chi connectivity index (χ3v) is 4.76. The number of carbonyl (C=O) groups is 1. The summed E-state index contributed by atoms with van der Waals surface area (Å²) in [7, 11) is 1.96. The first kappa shape index (κ1) is 16.5. The first-order valence-electron chi connectivity index (χ1n) is 7.73. The molecule has 0 bridgehead atoms. The summed E-state index contributed by atoms with van der Waals surface area (Å²) in [4.78, 5) is 14.2. The highest BCUT2D eigenvalue weighted by atomic mass is 16.2. The van der Waals surface area contributed by atoms with Crippen LogP contribution in [0.2, 0.25) is 0 Å². The molecule has 0 heterocycles. The molecule has 1 amide bonds. The third-order valence-electron chi connectivity index (χ3n) is 4.76. The summed E-state index contributed by atoms with van der Waals surface area (Å²) in [5.41, 5.74) is 5.93. The fourth-order valence-corrected chi connectivity index (χ4v) is 2.81. The van der Waals surface area contributed by atoms with Crippen LogP contribution >= 0.6 is 0 Å². The average Bonchev–Trinajstić information content (AvgIpc) is 3.14. The van der Waals surface area contributed by atoms with Gasteiger partial charge in [-0.25, -0.2) is 0 Å². The van der Waals surface area contributed by atoms with E-state index in [2.05, 4.69) is 27.7 Å². The van der Waals surface area contributed by atoms with Crippen molar-refractivity contribution >= 4 is 5.91 Å². The monoisotopic (exact) mass is 268 g/mol. The summed E-state index contributed by atoms with van der Waals surface area (Å²) < 4.78 is 0. The Labute approximate surface area is 118 Å². The minimum absolute atomic E-state index is 0.236. The summed E-state index contributed by atoms with van der Waals surface area (Å²) in [6, 6.07) is 0.412. The molecule has 0 aromatic rings. The SMILES string of the molecule is CC(C1CC1)N(C)C(=O)CCC(CCN)C(C)(C)C. The van der Waals surface area contributed by atoms with Gasteiger partial charge in [-0.3, -0.25) is 4.79 Å². The normalized spacial score (nSPS) is 19.1. The zero-order chi connectivity index (χ0) is 14.6. The summed E-state index contributed by atoms with van der Waals surface area (Å²) in [5, 5.41) is 0. The van der Waals surface area contributed by atoms with Crippen molar-refractivity contribution in [2.75, 3.05) is 13.6 Å². The molecule has 2 N–H and O–H groups in total. The minimum Gasteiger partial charge on any atom is -0.343 e. The second kappa shape index (κ2) is 6.74. The predicted octanol–water partition coefficient (Wildman–Crippen LogP) is 3.03. The molecule has 0 spiro atoms. The van der Waals surface area contributed by atoms with Crippen LogP contribution in [0.1, 0.15) is 59.8 Å². The smallest absolute Gasteiger partial charge is 0.222 e. The van der Waals surface area contributed by atoms with Gasteiger partial charge in [0.2, 0.25) is 5.91 Å². The Morgan fingerprint density at radius 3 is 2.32 bits per heavy atom. The maximum absolute atomic E-state index is 12.2. The molecule has 0 radical (unpaired) electrons. The van der Waals surface area contributed by atoms with Crippen molar-refractivity contribution in [1.29, 1.82) is 0 Å². The van der Waals surface area contributed by atoms with Crippen LogP contribution < -0.4 is 5.73 Å². The van der Waals surface area contributed by atoms with E-state index in [1.807, 2.05) is 11.9 Å². The molecule has 1 saturated carbocycles. The second-order valence-corrected chi connectivity index (χ2v) is 7.26. The van der Waals surface area contributed by atoms with E-state index in [-0.39, 0.29) is 5.41 Å². The summed E-state index contributed by atoms with van der Waals surface area (Å²) in [5.74, 6) is 1.58. The standard InChI is InChI=1S/C16H32N2O/c1-12(13-6-7-13)18(5)15(19)9-8-14(10-11-17)16(2,3)4/h12-14H,6-11,17H2,1-5H3.